The Bertz CT molecular complexity index is 288. The van der Waals surface area contributed by atoms with Gasteiger partial charge in [0, 0.05) is 5.92 Å². The van der Waals surface area contributed by atoms with Gasteiger partial charge in [0.05, 0.1) is 0 Å². The van der Waals surface area contributed by atoms with Gasteiger partial charge in [-0.2, -0.15) is 0 Å². The van der Waals surface area contributed by atoms with Gasteiger partial charge in [-0.1, -0.05) is 6.92 Å². The molecule has 1 saturated heterocycles. The van der Waals surface area contributed by atoms with Gasteiger partial charge in [-0.15, -0.1) is 0 Å². The lowest BCUT2D eigenvalue weighted by molar-refractivity contribution is -0.113. The molecule has 1 saturated carbocycles. The quantitative estimate of drug-likeness (QED) is 0.518. The van der Waals surface area contributed by atoms with Crippen molar-refractivity contribution in [3.63, 3.8) is 0 Å². The molecular formula is C11H16O4. The van der Waals surface area contributed by atoms with Crippen LogP contribution in [0.25, 0.3) is 0 Å². The molecule has 0 aromatic rings. The number of hydrogen-bond acceptors (Lipinski definition) is 4. The van der Waals surface area contributed by atoms with E-state index in [0.717, 1.165) is 25.5 Å². The largest absolute Gasteiger partial charge is 0.509 e. The second kappa shape index (κ2) is 3.51. The van der Waals surface area contributed by atoms with Crippen LogP contribution in [0, 0.1) is 11.8 Å². The number of rotatable bonds is 2. The van der Waals surface area contributed by atoms with Crippen LogP contribution in [0.2, 0.25) is 0 Å². The van der Waals surface area contributed by atoms with Crippen LogP contribution in [0.15, 0.2) is 0 Å². The Balaban J connectivity index is 2.06. The predicted molar refractivity (Wildman–Crippen MR) is 52.3 cm³/mol. The van der Waals surface area contributed by atoms with Crippen LogP contribution in [0.5, 0.6) is 0 Å². The smallest absolute Gasteiger partial charge is 0.427 e. The maximum absolute atomic E-state index is 11.0. The first-order valence-electron chi connectivity index (χ1n) is 5.40. The second-order valence-corrected chi connectivity index (χ2v) is 4.80. The van der Waals surface area contributed by atoms with E-state index in [-0.39, 0.29) is 12.0 Å². The number of fused-ring (bicyclic) bond motifs is 1. The minimum atomic E-state index is -0.568. The van der Waals surface area contributed by atoms with E-state index >= 15 is 0 Å². The molecule has 0 N–H and O–H groups in total. The van der Waals surface area contributed by atoms with Crippen LogP contribution in [0.1, 0.15) is 33.1 Å². The van der Waals surface area contributed by atoms with Crippen molar-refractivity contribution >= 4 is 12.4 Å². The third-order valence-corrected chi connectivity index (χ3v) is 3.72. The van der Waals surface area contributed by atoms with Crippen molar-refractivity contribution in [1.29, 1.82) is 0 Å². The Hall–Kier alpha value is -1.06. The van der Waals surface area contributed by atoms with E-state index in [1.54, 1.807) is 0 Å². The van der Waals surface area contributed by atoms with Gasteiger partial charge in [0.15, 0.2) is 0 Å². The highest BCUT2D eigenvalue weighted by molar-refractivity contribution is 5.63. The molecule has 4 atom stereocenters. The summed E-state index contributed by atoms with van der Waals surface area (Å²) in [6, 6.07) is 0. The lowest BCUT2D eigenvalue weighted by Gasteiger charge is -2.36. The summed E-state index contributed by atoms with van der Waals surface area (Å²) in [4.78, 5) is 21.7. The van der Waals surface area contributed by atoms with Gasteiger partial charge >= 0.3 is 6.16 Å². The maximum Gasteiger partial charge on any atom is 0.509 e. The number of carbonyl (C=O) groups excluding carboxylic acids is 2. The second-order valence-electron chi connectivity index (χ2n) is 4.80. The molecular weight excluding hydrogens is 196 g/mol. The average molecular weight is 212 g/mol. The fourth-order valence-electron chi connectivity index (χ4n) is 2.48. The van der Waals surface area contributed by atoms with E-state index < -0.39 is 11.8 Å². The van der Waals surface area contributed by atoms with E-state index in [2.05, 4.69) is 0 Å². The van der Waals surface area contributed by atoms with E-state index in [1.165, 1.54) is 0 Å². The Morgan fingerprint density at radius 1 is 1.60 bits per heavy atom. The lowest BCUT2D eigenvalue weighted by Crippen LogP contribution is -2.43. The molecule has 1 heterocycles. The van der Waals surface area contributed by atoms with Gasteiger partial charge < -0.3 is 14.3 Å². The molecule has 0 bridgehead atoms. The summed E-state index contributed by atoms with van der Waals surface area (Å²) in [6.45, 7) is 3.82. The SMILES string of the molecule is CC(C=O)C1CCC2(C)OC(=O)OC2C1. The van der Waals surface area contributed by atoms with Crippen molar-refractivity contribution in [3.8, 4) is 0 Å². The minimum Gasteiger partial charge on any atom is -0.427 e. The Labute approximate surface area is 88.9 Å². The first-order valence-corrected chi connectivity index (χ1v) is 5.40. The standard InChI is InChI=1S/C11H16O4/c1-7(6-12)8-3-4-11(2)9(5-8)14-10(13)15-11/h6-9H,3-5H2,1-2H3. The molecule has 0 amide bonds. The fourth-order valence-corrected chi connectivity index (χ4v) is 2.48. The molecule has 15 heavy (non-hydrogen) atoms. The zero-order chi connectivity index (χ0) is 11.1. The summed E-state index contributed by atoms with van der Waals surface area (Å²) in [5.41, 5.74) is -0.462. The molecule has 84 valence electrons. The zero-order valence-electron chi connectivity index (χ0n) is 9.06. The highest BCUT2D eigenvalue weighted by atomic mass is 16.8. The summed E-state index contributed by atoms with van der Waals surface area (Å²) in [7, 11) is 0. The van der Waals surface area contributed by atoms with Gasteiger partial charge in [0.2, 0.25) is 0 Å². The molecule has 0 aromatic carbocycles. The van der Waals surface area contributed by atoms with E-state index in [4.69, 9.17) is 9.47 Å². The molecule has 2 aliphatic rings. The van der Waals surface area contributed by atoms with E-state index in [1.807, 2.05) is 13.8 Å². The first-order chi connectivity index (χ1) is 7.05. The van der Waals surface area contributed by atoms with Crippen LogP contribution < -0.4 is 0 Å². The molecule has 0 aromatic heterocycles. The molecule has 2 rings (SSSR count). The van der Waals surface area contributed by atoms with Crippen molar-refractivity contribution in [2.45, 2.75) is 44.8 Å². The maximum atomic E-state index is 11.0. The molecule has 0 spiro atoms. The molecule has 4 nitrogen and oxygen atoms in total. The van der Waals surface area contributed by atoms with Crippen molar-refractivity contribution in [2.75, 3.05) is 0 Å². The number of ether oxygens (including phenoxy) is 2. The van der Waals surface area contributed by atoms with Crippen LogP contribution in [0.3, 0.4) is 0 Å². The highest BCUT2D eigenvalue weighted by Gasteiger charge is 2.51. The zero-order valence-corrected chi connectivity index (χ0v) is 9.06. The Kier molecular flexibility index (Phi) is 2.44. The van der Waals surface area contributed by atoms with Crippen molar-refractivity contribution in [3.05, 3.63) is 0 Å². The third-order valence-electron chi connectivity index (χ3n) is 3.72. The van der Waals surface area contributed by atoms with Crippen molar-refractivity contribution in [1.82, 2.24) is 0 Å². The van der Waals surface area contributed by atoms with Crippen molar-refractivity contribution in [2.24, 2.45) is 11.8 Å². The topological polar surface area (TPSA) is 52.6 Å². The number of aldehydes is 1. The third kappa shape index (κ3) is 1.73. The molecule has 0 radical (unpaired) electrons. The summed E-state index contributed by atoms with van der Waals surface area (Å²) in [5.74, 6) is 0.351. The van der Waals surface area contributed by atoms with Crippen LogP contribution in [-0.4, -0.2) is 24.1 Å². The van der Waals surface area contributed by atoms with Crippen LogP contribution in [-0.2, 0) is 14.3 Å². The number of hydrogen-bond donors (Lipinski definition) is 0. The van der Waals surface area contributed by atoms with Gasteiger partial charge in [-0.3, -0.25) is 0 Å². The summed E-state index contributed by atoms with van der Waals surface area (Å²) >= 11 is 0. The van der Waals surface area contributed by atoms with Crippen molar-refractivity contribution < 1.29 is 19.1 Å². The lowest BCUT2D eigenvalue weighted by atomic mass is 9.73. The molecule has 1 aliphatic carbocycles. The number of carbonyl (C=O) groups is 2. The monoisotopic (exact) mass is 212 g/mol. The molecule has 4 unspecified atom stereocenters. The minimum absolute atomic E-state index is 0.0360. The highest BCUT2D eigenvalue weighted by Crippen LogP contribution is 2.42. The molecule has 4 heteroatoms. The summed E-state index contributed by atoms with van der Waals surface area (Å²) < 4.78 is 10.3. The van der Waals surface area contributed by atoms with Gasteiger partial charge in [-0.25, -0.2) is 4.79 Å². The van der Waals surface area contributed by atoms with Gasteiger partial charge in [0.1, 0.15) is 18.0 Å². The normalized spacial score (nSPS) is 41.3. The van der Waals surface area contributed by atoms with Crippen LogP contribution in [0.4, 0.5) is 4.79 Å². The summed E-state index contributed by atoms with van der Waals surface area (Å²) in [6.07, 6.45) is 2.68. The Morgan fingerprint density at radius 3 is 3.00 bits per heavy atom. The van der Waals surface area contributed by atoms with Gasteiger partial charge in [0.25, 0.3) is 0 Å². The van der Waals surface area contributed by atoms with Crippen LogP contribution >= 0.6 is 0 Å². The average Bonchev–Trinajstić information content (AvgIpc) is 2.49. The molecule has 2 fully saturated rings. The van der Waals surface area contributed by atoms with E-state index in [9.17, 15) is 9.59 Å². The van der Waals surface area contributed by atoms with E-state index in [0.29, 0.717) is 5.92 Å². The van der Waals surface area contributed by atoms with Gasteiger partial charge in [-0.05, 0) is 32.1 Å². The summed E-state index contributed by atoms with van der Waals surface area (Å²) in [5, 5.41) is 0. The fraction of sp³-hybridized carbons (Fsp3) is 0.818. The first kappa shape index (κ1) is 10.5. The predicted octanol–water partition coefficient (Wildman–Crippen LogP) is 1.92. The molecule has 1 aliphatic heterocycles. The Morgan fingerprint density at radius 2 is 2.33 bits per heavy atom.